The summed E-state index contributed by atoms with van der Waals surface area (Å²) in [4.78, 5) is 31.5. The minimum absolute atomic E-state index is 0.0827. The van der Waals surface area contributed by atoms with Gasteiger partial charge in [0.1, 0.15) is 0 Å². The number of carbonyl (C=O) groups is 2. The Morgan fingerprint density at radius 3 is 2.00 bits per heavy atom. The average molecular weight is 791 g/mol. The SMILES string of the molecule is O=C(CCCc1ccc(S(=O)(=O)N(CCCS(=O)(=O)O)C(=O)c2c3ccccc3[n+](CCCSOOO)c3ccccc23)cc1)On1c(O)ccc1O. The van der Waals surface area contributed by atoms with Crippen LogP contribution >= 0.6 is 12.0 Å². The van der Waals surface area contributed by atoms with Crippen molar-refractivity contribution >= 4 is 65.9 Å². The molecule has 0 aliphatic rings. The average Bonchev–Trinajstić information content (AvgIpc) is 3.44. The van der Waals surface area contributed by atoms with Crippen LogP contribution in [-0.4, -0.2) is 75.8 Å². The van der Waals surface area contributed by atoms with Crippen molar-refractivity contribution in [3.8, 4) is 11.8 Å². The molecule has 0 saturated heterocycles. The molecule has 0 saturated carbocycles. The molecule has 0 bridgehead atoms. The summed E-state index contributed by atoms with van der Waals surface area (Å²) in [5, 5.41) is 32.3. The largest absolute Gasteiger partial charge is 0.492 e. The van der Waals surface area contributed by atoms with Crippen molar-refractivity contribution in [2.75, 3.05) is 18.1 Å². The number of sulfonamides is 1. The molecule has 1 amide bonds. The predicted octanol–water partition coefficient (Wildman–Crippen LogP) is 4.04. The maximum Gasteiger partial charge on any atom is 0.333 e. The number of amides is 1. The molecule has 19 heteroatoms. The van der Waals surface area contributed by atoms with Crippen molar-refractivity contribution in [2.45, 2.75) is 43.5 Å². The zero-order chi connectivity index (χ0) is 38.2. The Morgan fingerprint density at radius 2 is 1.42 bits per heavy atom. The van der Waals surface area contributed by atoms with Crippen molar-refractivity contribution in [3.05, 3.63) is 96.1 Å². The van der Waals surface area contributed by atoms with E-state index >= 15 is 0 Å². The highest BCUT2D eigenvalue weighted by Crippen LogP contribution is 2.29. The standard InChI is InChI=1S/C34H35N3O13S3/c38-30-18-19-31(39)37(30)48-32(40)13-5-8-24-14-16-25(17-15-24)53(46,47)36(21-7-23-52(43,44)45)34(41)33-26-9-1-3-11-28(26)35(20-6-22-51-50-49-42)29-12-4-2-10-27(29)33/h1-4,9-12,14-19H,5-8,13,20-23H2,(H3,41,42,43,44,45)/p+1. The van der Waals surface area contributed by atoms with E-state index in [9.17, 15) is 41.2 Å². The second kappa shape index (κ2) is 17.4. The molecule has 5 aromatic rings. The quantitative estimate of drug-likeness (QED) is 0.0187. The number of nitrogens with zero attached hydrogens (tertiary/aromatic N) is 3. The number of hydrogen-bond acceptors (Lipinski definition) is 13. The zero-order valence-corrected chi connectivity index (χ0v) is 30.4. The third-order valence-electron chi connectivity index (χ3n) is 8.17. The van der Waals surface area contributed by atoms with Crippen LogP contribution in [0.5, 0.6) is 11.8 Å². The Morgan fingerprint density at radius 1 is 0.811 bits per heavy atom. The monoisotopic (exact) mass is 790 g/mol. The molecule has 2 aromatic heterocycles. The Bertz CT molecular complexity index is 2240. The van der Waals surface area contributed by atoms with Gasteiger partial charge in [-0.25, -0.2) is 22.8 Å². The van der Waals surface area contributed by atoms with E-state index in [0.717, 1.165) is 24.2 Å². The molecular formula is C34H36N3O13S3+. The summed E-state index contributed by atoms with van der Waals surface area (Å²) in [5.74, 6) is -2.86. The lowest BCUT2D eigenvalue weighted by Crippen LogP contribution is -2.40. The Balaban J connectivity index is 1.43. The first-order chi connectivity index (χ1) is 25.3. The minimum Gasteiger partial charge on any atom is -0.492 e. The number of rotatable bonds is 18. The summed E-state index contributed by atoms with van der Waals surface area (Å²) in [6.45, 7) is -0.0967. The van der Waals surface area contributed by atoms with Gasteiger partial charge in [-0.1, -0.05) is 41.4 Å². The van der Waals surface area contributed by atoms with Crippen molar-refractivity contribution in [1.82, 2.24) is 9.04 Å². The van der Waals surface area contributed by atoms with Gasteiger partial charge in [0.15, 0.2) is 6.54 Å². The van der Waals surface area contributed by atoms with E-state index in [0.29, 0.717) is 61.5 Å². The molecular weight excluding hydrogens is 755 g/mol. The van der Waals surface area contributed by atoms with Crippen molar-refractivity contribution in [3.63, 3.8) is 0 Å². The predicted molar refractivity (Wildman–Crippen MR) is 192 cm³/mol. The molecule has 16 nitrogen and oxygen atoms in total. The third kappa shape index (κ3) is 9.62. The second-order valence-electron chi connectivity index (χ2n) is 11.7. The number of fused-ring (bicyclic) bond motifs is 2. The molecule has 0 atom stereocenters. The maximum atomic E-state index is 14.6. The van der Waals surface area contributed by atoms with Gasteiger partial charge in [-0.2, -0.15) is 13.0 Å². The highest BCUT2D eigenvalue weighted by Gasteiger charge is 2.34. The molecule has 2 heterocycles. The minimum atomic E-state index is -4.60. The Kier molecular flexibility index (Phi) is 12.9. The van der Waals surface area contributed by atoms with E-state index in [4.69, 9.17) is 10.1 Å². The topological polar surface area (TPSA) is 223 Å². The summed E-state index contributed by atoms with van der Waals surface area (Å²) in [6.07, 6.45) is 0.721. The number of aryl methyl sites for hydroxylation is 2. The summed E-state index contributed by atoms with van der Waals surface area (Å²) < 4.78 is 68.7. The number of aromatic nitrogens is 2. The first-order valence-electron chi connectivity index (χ1n) is 16.2. The molecule has 5 rings (SSSR count). The molecule has 0 fully saturated rings. The molecule has 0 unspecified atom stereocenters. The van der Waals surface area contributed by atoms with Crippen molar-refractivity contribution in [2.24, 2.45) is 0 Å². The van der Waals surface area contributed by atoms with Crippen molar-refractivity contribution in [1.29, 1.82) is 0 Å². The van der Waals surface area contributed by atoms with Crippen LogP contribution in [0, 0.1) is 0 Å². The first-order valence-corrected chi connectivity index (χ1v) is 20.1. The van der Waals surface area contributed by atoms with Gasteiger partial charge in [0.25, 0.3) is 26.0 Å². The van der Waals surface area contributed by atoms with Crippen LogP contribution in [0.2, 0.25) is 0 Å². The van der Waals surface area contributed by atoms with Crippen molar-refractivity contribution < 1.29 is 65.2 Å². The summed E-state index contributed by atoms with van der Waals surface area (Å²) in [6, 6.07) is 21.9. The molecule has 53 heavy (non-hydrogen) atoms. The first kappa shape index (κ1) is 39.4. The summed E-state index contributed by atoms with van der Waals surface area (Å²) in [7, 11) is -9.07. The molecule has 282 valence electrons. The van der Waals surface area contributed by atoms with E-state index in [1.54, 1.807) is 48.5 Å². The molecule has 4 N–H and O–H groups in total. The number of hydrogen-bond donors (Lipinski definition) is 4. The van der Waals surface area contributed by atoms with Crippen LogP contribution in [0.4, 0.5) is 0 Å². The second-order valence-corrected chi connectivity index (χ2v) is 15.9. The van der Waals surface area contributed by atoms with Gasteiger partial charge in [0.2, 0.25) is 22.8 Å². The summed E-state index contributed by atoms with van der Waals surface area (Å²) in [5.41, 5.74) is 2.00. The van der Waals surface area contributed by atoms with E-state index in [-0.39, 0.29) is 29.7 Å². The fourth-order valence-corrected chi connectivity index (χ4v) is 8.07. The van der Waals surface area contributed by atoms with E-state index in [2.05, 4.69) is 9.37 Å². The third-order valence-corrected chi connectivity index (χ3v) is 11.4. The summed E-state index contributed by atoms with van der Waals surface area (Å²) >= 11 is 0.904. The van der Waals surface area contributed by atoms with Crippen LogP contribution in [0.15, 0.2) is 89.8 Å². The van der Waals surface area contributed by atoms with E-state index < -0.39 is 56.1 Å². The van der Waals surface area contributed by atoms with Gasteiger partial charge in [-0.15, -0.1) is 9.06 Å². The number of aromatic hydroxyl groups is 2. The van der Waals surface area contributed by atoms with Gasteiger partial charge in [0.05, 0.1) is 27.0 Å². The van der Waals surface area contributed by atoms with Crippen LogP contribution in [-0.2, 0) is 47.3 Å². The lowest BCUT2D eigenvalue weighted by Gasteiger charge is -2.24. The van der Waals surface area contributed by atoms with Gasteiger partial charge in [0, 0.05) is 61.4 Å². The molecule has 0 aliphatic carbocycles. The number of pyridine rings is 1. The van der Waals surface area contributed by atoms with Crippen LogP contribution in [0.3, 0.4) is 0 Å². The van der Waals surface area contributed by atoms with Gasteiger partial charge in [-0.05, 0) is 49.1 Å². The zero-order valence-electron chi connectivity index (χ0n) is 28.0. The lowest BCUT2D eigenvalue weighted by molar-refractivity contribution is -0.645. The van der Waals surface area contributed by atoms with Gasteiger partial charge < -0.3 is 15.1 Å². The van der Waals surface area contributed by atoms with Crippen LogP contribution in [0.1, 0.15) is 41.6 Å². The Hall–Kier alpha value is -4.76. The molecule has 0 aliphatic heterocycles. The molecule has 0 radical (unpaired) electrons. The highest BCUT2D eigenvalue weighted by atomic mass is 32.2. The normalized spacial score (nSPS) is 12.0. The van der Waals surface area contributed by atoms with E-state index in [1.807, 2.05) is 4.57 Å². The fraction of sp³-hybridized carbons (Fsp3) is 0.265. The van der Waals surface area contributed by atoms with Crippen LogP contribution in [0.25, 0.3) is 21.8 Å². The highest BCUT2D eigenvalue weighted by molar-refractivity contribution is 7.94. The molecule has 3 aromatic carbocycles. The molecule has 0 spiro atoms. The number of para-hydroxylation sites is 2. The lowest BCUT2D eigenvalue weighted by atomic mass is 10.0. The smallest absolute Gasteiger partial charge is 0.333 e. The van der Waals surface area contributed by atoms with Crippen LogP contribution < -0.4 is 9.40 Å². The van der Waals surface area contributed by atoms with E-state index in [1.165, 1.54) is 24.3 Å². The fourth-order valence-electron chi connectivity index (χ4n) is 5.81. The Labute approximate surface area is 308 Å². The number of benzene rings is 3. The number of carbonyl (C=O) groups excluding carboxylic acids is 2. The maximum absolute atomic E-state index is 14.6. The van der Waals surface area contributed by atoms with Gasteiger partial charge in [-0.3, -0.25) is 9.35 Å². The van der Waals surface area contributed by atoms with Gasteiger partial charge >= 0.3 is 5.97 Å².